The van der Waals surface area contributed by atoms with Gasteiger partial charge in [-0.2, -0.15) is 5.10 Å². The molecule has 1 aromatic heterocycles. The summed E-state index contributed by atoms with van der Waals surface area (Å²) >= 11 is 0. The molecule has 6 nitrogen and oxygen atoms in total. The maximum Gasteiger partial charge on any atom is 0.305 e. The Labute approximate surface area is 112 Å². The predicted octanol–water partition coefficient (Wildman–Crippen LogP) is 1.37. The summed E-state index contributed by atoms with van der Waals surface area (Å²) in [5.41, 5.74) is 0.402. The van der Waals surface area contributed by atoms with Crippen molar-refractivity contribution in [3.05, 3.63) is 18.0 Å². The van der Waals surface area contributed by atoms with Gasteiger partial charge < -0.3 is 10.0 Å². The number of carboxylic acid groups (broad SMARTS) is 1. The van der Waals surface area contributed by atoms with Gasteiger partial charge in [-0.3, -0.25) is 14.3 Å². The fourth-order valence-corrected chi connectivity index (χ4v) is 2.36. The van der Waals surface area contributed by atoms with Crippen molar-refractivity contribution in [3.63, 3.8) is 0 Å². The molecule has 0 radical (unpaired) electrons. The van der Waals surface area contributed by atoms with Crippen LogP contribution in [-0.4, -0.2) is 44.3 Å². The van der Waals surface area contributed by atoms with E-state index >= 15 is 0 Å². The molecule has 0 aliphatic carbocycles. The van der Waals surface area contributed by atoms with Crippen molar-refractivity contribution < 1.29 is 14.7 Å². The van der Waals surface area contributed by atoms with Crippen LogP contribution in [0.1, 0.15) is 43.1 Å². The Morgan fingerprint density at radius 2 is 2.26 bits per heavy atom. The highest BCUT2D eigenvalue weighted by molar-refractivity contribution is 5.92. The second-order valence-electron chi connectivity index (χ2n) is 4.95. The molecule has 1 saturated heterocycles. The molecule has 0 bridgehead atoms. The summed E-state index contributed by atoms with van der Waals surface area (Å²) in [5.74, 6) is -0.922. The number of carbonyl (C=O) groups is 2. The first-order valence-corrected chi connectivity index (χ1v) is 6.64. The van der Waals surface area contributed by atoms with Gasteiger partial charge in [0.15, 0.2) is 0 Å². The molecule has 2 heterocycles. The van der Waals surface area contributed by atoms with Crippen molar-refractivity contribution >= 4 is 11.9 Å². The first-order valence-electron chi connectivity index (χ1n) is 6.64. The second kappa shape index (κ2) is 5.86. The molecule has 19 heavy (non-hydrogen) atoms. The van der Waals surface area contributed by atoms with Crippen molar-refractivity contribution in [1.29, 1.82) is 0 Å². The van der Waals surface area contributed by atoms with E-state index < -0.39 is 5.97 Å². The smallest absolute Gasteiger partial charge is 0.305 e. The minimum atomic E-state index is -0.868. The van der Waals surface area contributed by atoms with E-state index in [1.165, 1.54) is 4.68 Å². The first kappa shape index (κ1) is 13.6. The number of likely N-dealkylation sites (tertiary alicyclic amines) is 1. The number of amides is 1. The largest absolute Gasteiger partial charge is 0.481 e. The molecule has 0 saturated carbocycles. The maximum atomic E-state index is 12.3. The van der Waals surface area contributed by atoms with Gasteiger partial charge in [-0.1, -0.05) is 0 Å². The van der Waals surface area contributed by atoms with Crippen LogP contribution >= 0.6 is 0 Å². The lowest BCUT2D eigenvalue weighted by atomic mass is 10.0. The zero-order valence-corrected chi connectivity index (χ0v) is 11.1. The summed E-state index contributed by atoms with van der Waals surface area (Å²) in [6, 6.07) is 1.91. The van der Waals surface area contributed by atoms with E-state index in [0.29, 0.717) is 5.69 Å². The van der Waals surface area contributed by atoms with Crippen LogP contribution in [0.2, 0.25) is 0 Å². The van der Waals surface area contributed by atoms with Crippen LogP contribution in [0.25, 0.3) is 0 Å². The number of hydrogen-bond donors (Lipinski definition) is 1. The predicted molar refractivity (Wildman–Crippen MR) is 68.8 cm³/mol. The average Bonchev–Trinajstić information content (AvgIpc) is 2.85. The van der Waals surface area contributed by atoms with Crippen molar-refractivity contribution in [1.82, 2.24) is 14.7 Å². The molecule has 1 aromatic rings. The number of hydrogen-bond acceptors (Lipinski definition) is 3. The lowest BCUT2D eigenvalue weighted by Crippen LogP contribution is -2.42. The average molecular weight is 265 g/mol. The molecule has 1 fully saturated rings. The number of aromatic nitrogens is 2. The van der Waals surface area contributed by atoms with E-state index in [1.807, 2.05) is 4.90 Å². The fourth-order valence-electron chi connectivity index (χ4n) is 2.36. The number of nitrogens with zero attached hydrogens (tertiary/aromatic N) is 3. The number of piperidine rings is 1. The fraction of sp³-hybridized carbons (Fsp3) is 0.615. The highest BCUT2D eigenvalue weighted by Crippen LogP contribution is 2.18. The Kier molecular flexibility index (Phi) is 4.19. The summed E-state index contributed by atoms with van der Waals surface area (Å²) in [4.78, 5) is 24.6. The molecule has 1 aliphatic heterocycles. The molecule has 6 heteroatoms. The lowest BCUT2D eigenvalue weighted by Gasteiger charge is -2.32. The Morgan fingerprint density at radius 3 is 2.95 bits per heavy atom. The molecule has 1 aliphatic rings. The Bertz CT molecular complexity index is 469. The van der Waals surface area contributed by atoms with E-state index in [9.17, 15) is 9.59 Å². The summed E-state index contributed by atoms with van der Waals surface area (Å²) in [6.45, 7) is 3.12. The summed E-state index contributed by atoms with van der Waals surface area (Å²) in [5, 5.41) is 12.8. The molecule has 0 aromatic carbocycles. The Balaban J connectivity index is 2.01. The minimum absolute atomic E-state index is 0.00935. The zero-order valence-electron chi connectivity index (χ0n) is 11.1. The second-order valence-corrected chi connectivity index (χ2v) is 4.95. The van der Waals surface area contributed by atoms with Crippen LogP contribution in [-0.2, 0) is 11.3 Å². The molecule has 1 unspecified atom stereocenters. The maximum absolute atomic E-state index is 12.3. The van der Waals surface area contributed by atoms with Gasteiger partial charge in [-0.25, -0.2) is 0 Å². The minimum Gasteiger partial charge on any atom is -0.481 e. The number of aliphatic carboxylic acids is 1. The Hall–Kier alpha value is -1.85. The molecular formula is C13H19N3O3. The van der Waals surface area contributed by atoms with E-state index in [-0.39, 0.29) is 24.9 Å². The topological polar surface area (TPSA) is 75.4 Å². The quantitative estimate of drug-likeness (QED) is 0.892. The third kappa shape index (κ3) is 3.33. The number of aryl methyl sites for hydroxylation is 1. The van der Waals surface area contributed by atoms with Gasteiger partial charge in [0.2, 0.25) is 0 Å². The highest BCUT2D eigenvalue weighted by atomic mass is 16.4. The molecule has 1 N–H and O–H groups in total. The molecule has 1 atom stereocenters. The molecule has 2 rings (SSSR count). The summed E-state index contributed by atoms with van der Waals surface area (Å²) in [7, 11) is 0. The standard InChI is InChI=1S/C13H19N3O3/c1-10-4-2-3-7-16(10)13(19)11-5-8-15(14-11)9-6-12(17)18/h5,8,10H,2-4,6-7,9H2,1H3,(H,17,18). The van der Waals surface area contributed by atoms with E-state index in [0.717, 1.165) is 25.8 Å². The third-order valence-electron chi connectivity index (χ3n) is 3.48. The summed E-state index contributed by atoms with van der Waals surface area (Å²) < 4.78 is 1.51. The van der Waals surface area contributed by atoms with Crippen LogP contribution in [0.15, 0.2) is 12.3 Å². The SMILES string of the molecule is CC1CCCCN1C(=O)c1ccn(CCC(=O)O)n1. The van der Waals surface area contributed by atoms with Gasteiger partial charge in [0.1, 0.15) is 5.69 Å². The number of rotatable bonds is 4. The van der Waals surface area contributed by atoms with Crippen LogP contribution in [0.4, 0.5) is 0 Å². The lowest BCUT2D eigenvalue weighted by molar-refractivity contribution is -0.137. The third-order valence-corrected chi connectivity index (χ3v) is 3.48. The monoisotopic (exact) mass is 265 g/mol. The highest BCUT2D eigenvalue weighted by Gasteiger charge is 2.25. The van der Waals surface area contributed by atoms with Crippen LogP contribution in [0.3, 0.4) is 0 Å². The van der Waals surface area contributed by atoms with Crippen LogP contribution in [0.5, 0.6) is 0 Å². The van der Waals surface area contributed by atoms with E-state index in [2.05, 4.69) is 12.0 Å². The number of carbonyl (C=O) groups excluding carboxylic acids is 1. The molecule has 1 amide bonds. The first-order chi connectivity index (χ1) is 9.08. The van der Waals surface area contributed by atoms with E-state index in [4.69, 9.17) is 5.11 Å². The number of carboxylic acids is 1. The molecular weight excluding hydrogens is 246 g/mol. The summed E-state index contributed by atoms with van der Waals surface area (Å²) in [6.07, 6.45) is 4.90. The van der Waals surface area contributed by atoms with E-state index in [1.54, 1.807) is 12.3 Å². The van der Waals surface area contributed by atoms with Gasteiger partial charge in [0.25, 0.3) is 5.91 Å². The zero-order chi connectivity index (χ0) is 13.8. The van der Waals surface area contributed by atoms with Gasteiger partial charge in [0.05, 0.1) is 13.0 Å². The Morgan fingerprint density at radius 1 is 1.47 bits per heavy atom. The molecule has 0 spiro atoms. The van der Waals surface area contributed by atoms with Gasteiger partial charge in [-0.05, 0) is 32.3 Å². The van der Waals surface area contributed by atoms with Crippen LogP contribution in [0, 0.1) is 0 Å². The van der Waals surface area contributed by atoms with Crippen LogP contribution < -0.4 is 0 Å². The normalized spacial score (nSPS) is 19.4. The van der Waals surface area contributed by atoms with Crippen molar-refractivity contribution in [3.8, 4) is 0 Å². The van der Waals surface area contributed by atoms with Crippen molar-refractivity contribution in [2.75, 3.05) is 6.54 Å². The van der Waals surface area contributed by atoms with Gasteiger partial charge >= 0.3 is 5.97 Å². The van der Waals surface area contributed by atoms with Crippen molar-refractivity contribution in [2.45, 2.75) is 45.2 Å². The van der Waals surface area contributed by atoms with Gasteiger partial charge in [0, 0.05) is 18.8 Å². The van der Waals surface area contributed by atoms with Gasteiger partial charge in [-0.15, -0.1) is 0 Å². The van der Waals surface area contributed by atoms with Crippen molar-refractivity contribution in [2.24, 2.45) is 0 Å². The molecule has 104 valence electrons.